The molecule has 1 nitrogen and oxygen atoms in total. The molecule has 1 aliphatic carbocycles. The Morgan fingerprint density at radius 1 is 1.12 bits per heavy atom. The van der Waals surface area contributed by atoms with Crippen LogP contribution in [-0.2, 0) is 0 Å². The molecule has 1 heteroatoms. The highest BCUT2D eigenvalue weighted by atomic mass is 14.8. The quantitative estimate of drug-likeness (QED) is 0.552. The average Bonchev–Trinajstić information content (AvgIpc) is 2.28. The number of rotatable bonds is 5. The van der Waals surface area contributed by atoms with Crippen molar-refractivity contribution in [3.05, 3.63) is 12.2 Å². The maximum absolute atomic E-state index is 3.42. The molecule has 1 rings (SSSR count). The Bertz CT molecular complexity index is 216. The molecule has 1 N–H and O–H groups in total. The van der Waals surface area contributed by atoms with Crippen molar-refractivity contribution < 1.29 is 0 Å². The van der Waals surface area contributed by atoms with Crippen LogP contribution in [0, 0.1) is 17.3 Å². The van der Waals surface area contributed by atoms with Gasteiger partial charge in [0.2, 0.25) is 0 Å². The second-order valence-electron chi connectivity index (χ2n) is 6.61. The van der Waals surface area contributed by atoms with Gasteiger partial charge in [-0.3, -0.25) is 0 Å². The van der Waals surface area contributed by atoms with Crippen LogP contribution in [0.5, 0.6) is 0 Å². The molecule has 0 saturated heterocycles. The van der Waals surface area contributed by atoms with Crippen LogP contribution in [0.25, 0.3) is 0 Å². The van der Waals surface area contributed by atoms with Gasteiger partial charge in [-0.05, 0) is 55.9 Å². The number of hydrogen-bond acceptors (Lipinski definition) is 1. The van der Waals surface area contributed by atoms with Crippen molar-refractivity contribution >= 4 is 0 Å². The van der Waals surface area contributed by atoms with Gasteiger partial charge in [0, 0.05) is 6.54 Å². The molecule has 0 aromatic carbocycles. The first kappa shape index (κ1) is 14.8. The van der Waals surface area contributed by atoms with Gasteiger partial charge < -0.3 is 5.32 Å². The molecule has 1 aliphatic rings. The first-order valence-corrected chi connectivity index (χ1v) is 7.41. The van der Waals surface area contributed by atoms with Gasteiger partial charge >= 0.3 is 0 Å². The summed E-state index contributed by atoms with van der Waals surface area (Å²) in [7, 11) is 0. The second-order valence-corrected chi connectivity index (χ2v) is 6.61. The minimum atomic E-state index is 0.511. The molecule has 0 bridgehead atoms. The normalized spacial score (nSPS) is 26.6. The van der Waals surface area contributed by atoms with E-state index in [2.05, 4.69) is 45.2 Å². The fourth-order valence-corrected chi connectivity index (χ4v) is 2.80. The molecule has 0 radical (unpaired) electrons. The van der Waals surface area contributed by atoms with E-state index in [1.165, 1.54) is 32.1 Å². The maximum Gasteiger partial charge on any atom is 0.0134 e. The van der Waals surface area contributed by atoms with Crippen LogP contribution in [0.3, 0.4) is 0 Å². The van der Waals surface area contributed by atoms with Crippen LogP contribution in [0.4, 0.5) is 0 Å². The fourth-order valence-electron chi connectivity index (χ4n) is 2.80. The van der Waals surface area contributed by atoms with Crippen LogP contribution < -0.4 is 5.32 Å². The maximum atomic E-state index is 3.42. The van der Waals surface area contributed by atoms with E-state index in [9.17, 15) is 0 Å². The molecule has 0 aromatic heterocycles. The molecule has 100 valence electrons. The van der Waals surface area contributed by atoms with Crippen LogP contribution in [0.1, 0.15) is 59.8 Å². The van der Waals surface area contributed by atoms with Gasteiger partial charge in [-0.2, -0.15) is 0 Å². The monoisotopic (exact) mass is 237 g/mol. The smallest absolute Gasteiger partial charge is 0.0134 e. The minimum Gasteiger partial charge on any atom is -0.313 e. The van der Waals surface area contributed by atoms with Crippen LogP contribution in [-0.4, -0.2) is 13.1 Å². The van der Waals surface area contributed by atoms with E-state index in [1.807, 2.05) is 0 Å². The average molecular weight is 237 g/mol. The summed E-state index contributed by atoms with van der Waals surface area (Å²) in [6.07, 6.45) is 11.6. The Morgan fingerprint density at radius 2 is 1.76 bits per heavy atom. The highest BCUT2D eigenvalue weighted by molar-refractivity contribution is 4.93. The standard InChI is InChI=1S/C16H31N/c1-5-12-17-13-6-7-14-8-10-15(11-9-14)16(2,3)4/h6-7,14-15,17H,5,8-13H2,1-4H3/b7-6+. The Morgan fingerprint density at radius 3 is 2.29 bits per heavy atom. The van der Waals surface area contributed by atoms with Crippen molar-refractivity contribution in [3.8, 4) is 0 Å². The van der Waals surface area contributed by atoms with Gasteiger partial charge in [-0.1, -0.05) is 39.8 Å². The van der Waals surface area contributed by atoms with Crippen LogP contribution in [0.2, 0.25) is 0 Å². The summed E-state index contributed by atoms with van der Waals surface area (Å²) in [6.45, 7) is 11.6. The Balaban J connectivity index is 2.19. The zero-order valence-corrected chi connectivity index (χ0v) is 12.3. The van der Waals surface area contributed by atoms with E-state index in [1.54, 1.807) is 0 Å². The fraction of sp³-hybridized carbons (Fsp3) is 0.875. The summed E-state index contributed by atoms with van der Waals surface area (Å²) in [4.78, 5) is 0. The van der Waals surface area contributed by atoms with Gasteiger partial charge in [0.05, 0.1) is 0 Å². The van der Waals surface area contributed by atoms with E-state index in [0.717, 1.165) is 24.9 Å². The lowest BCUT2D eigenvalue weighted by molar-refractivity contribution is 0.163. The lowest BCUT2D eigenvalue weighted by Gasteiger charge is -2.36. The number of allylic oxidation sites excluding steroid dienone is 1. The molecular formula is C16H31N. The largest absolute Gasteiger partial charge is 0.313 e. The van der Waals surface area contributed by atoms with Crippen molar-refractivity contribution in [2.75, 3.05) is 13.1 Å². The SMILES string of the molecule is CCCNC/C=C/C1CCC(C(C)(C)C)CC1. The summed E-state index contributed by atoms with van der Waals surface area (Å²) in [6, 6.07) is 0. The molecule has 0 unspecified atom stereocenters. The molecule has 0 amide bonds. The molecule has 1 saturated carbocycles. The topological polar surface area (TPSA) is 12.0 Å². The Labute approximate surface area is 108 Å². The van der Waals surface area contributed by atoms with Gasteiger partial charge in [0.1, 0.15) is 0 Å². The molecule has 17 heavy (non-hydrogen) atoms. The summed E-state index contributed by atoms with van der Waals surface area (Å²) < 4.78 is 0. The molecular weight excluding hydrogens is 206 g/mol. The Hall–Kier alpha value is -0.300. The number of hydrogen-bond donors (Lipinski definition) is 1. The molecule has 0 aliphatic heterocycles. The van der Waals surface area contributed by atoms with Crippen molar-refractivity contribution in [2.24, 2.45) is 17.3 Å². The van der Waals surface area contributed by atoms with E-state index in [4.69, 9.17) is 0 Å². The number of nitrogens with one attached hydrogen (secondary N) is 1. The van der Waals surface area contributed by atoms with Crippen molar-refractivity contribution in [3.63, 3.8) is 0 Å². The van der Waals surface area contributed by atoms with Gasteiger partial charge in [-0.25, -0.2) is 0 Å². The highest BCUT2D eigenvalue weighted by Crippen LogP contribution is 2.39. The van der Waals surface area contributed by atoms with Crippen LogP contribution in [0.15, 0.2) is 12.2 Å². The first-order chi connectivity index (χ1) is 8.04. The molecule has 0 atom stereocenters. The highest BCUT2D eigenvalue weighted by Gasteiger charge is 2.28. The summed E-state index contributed by atoms with van der Waals surface area (Å²) in [5, 5.41) is 3.42. The predicted octanol–water partition coefficient (Wildman–Crippen LogP) is 4.39. The zero-order valence-electron chi connectivity index (χ0n) is 12.3. The summed E-state index contributed by atoms with van der Waals surface area (Å²) in [5.41, 5.74) is 0.511. The third kappa shape index (κ3) is 5.72. The van der Waals surface area contributed by atoms with Gasteiger partial charge in [-0.15, -0.1) is 0 Å². The van der Waals surface area contributed by atoms with E-state index in [0.29, 0.717) is 5.41 Å². The second kappa shape index (κ2) is 7.20. The lowest BCUT2D eigenvalue weighted by Crippen LogP contribution is -2.25. The van der Waals surface area contributed by atoms with E-state index < -0.39 is 0 Å². The molecule has 0 heterocycles. The van der Waals surface area contributed by atoms with E-state index in [-0.39, 0.29) is 0 Å². The first-order valence-electron chi connectivity index (χ1n) is 7.41. The minimum absolute atomic E-state index is 0.511. The van der Waals surface area contributed by atoms with Gasteiger partial charge in [0.15, 0.2) is 0 Å². The third-order valence-corrected chi connectivity index (χ3v) is 4.09. The molecule has 0 spiro atoms. The van der Waals surface area contributed by atoms with Crippen LogP contribution >= 0.6 is 0 Å². The molecule has 1 fully saturated rings. The predicted molar refractivity (Wildman–Crippen MR) is 77.2 cm³/mol. The van der Waals surface area contributed by atoms with Crippen molar-refractivity contribution in [2.45, 2.75) is 59.8 Å². The zero-order chi connectivity index (χ0) is 12.7. The lowest BCUT2D eigenvalue weighted by atomic mass is 9.70. The summed E-state index contributed by atoms with van der Waals surface area (Å²) >= 11 is 0. The van der Waals surface area contributed by atoms with E-state index >= 15 is 0 Å². The summed E-state index contributed by atoms with van der Waals surface area (Å²) in [5.74, 6) is 1.78. The van der Waals surface area contributed by atoms with Crippen molar-refractivity contribution in [1.29, 1.82) is 0 Å². The van der Waals surface area contributed by atoms with Gasteiger partial charge in [0.25, 0.3) is 0 Å². The third-order valence-electron chi connectivity index (χ3n) is 4.09. The Kier molecular flexibility index (Phi) is 6.26. The van der Waals surface area contributed by atoms with Crippen molar-refractivity contribution in [1.82, 2.24) is 5.32 Å². The molecule has 0 aromatic rings.